The highest BCUT2D eigenvalue weighted by molar-refractivity contribution is 5.41. The first kappa shape index (κ1) is 12.2. The molecule has 1 unspecified atom stereocenters. The number of hydrogen-bond acceptors (Lipinski definition) is 2. The molecule has 1 N–H and O–H groups in total. The van der Waals surface area contributed by atoms with Gasteiger partial charge in [-0.1, -0.05) is 20.3 Å². The Morgan fingerprint density at radius 3 is 2.82 bits per heavy atom. The fourth-order valence-electron chi connectivity index (χ4n) is 2.74. The smallest absolute Gasteiger partial charge is 0.250 e. The number of aromatic nitrogens is 1. The first-order valence-corrected chi connectivity index (χ1v) is 6.39. The quantitative estimate of drug-likeness (QED) is 0.853. The van der Waals surface area contributed by atoms with Crippen LogP contribution in [0.5, 0.6) is 0 Å². The molecule has 1 saturated carbocycles. The summed E-state index contributed by atoms with van der Waals surface area (Å²) in [6.45, 7) is 4.67. The Morgan fingerprint density at radius 2 is 2.18 bits per heavy atom. The minimum absolute atomic E-state index is 0.0412. The number of anilines is 1. The second-order valence-corrected chi connectivity index (χ2v) is 5.97. The van der Waals surface area contributed by atoms with E-state index in [1.165, 1.54) is 25.7 Å². The van der Waals surface area contributed by atoms with E-state index in [1.54, 1.807) is 17.7 Å². The van der Waals surface area contributed by atoms with Gasteiger partial charge < -0.3 is 9.88 Å². The van der Waals surface area contributed by atoms with E-state index in [0.717, 1.165) is 5.69 Å². The number of pyridine rings is 1. The van der Waals surface area contributed by atoms with Gasteiger partial charge in [-0.05, 0) is 30.7 Å². The zero-order valence-corrected chi connectivity index (χ0v) is 11.0. The molecule has 0 saturated heterocycles. The van der Waals surface area contributed by atoms with Gasteiger partial charge in [0.25, 0.3) is 0 Å². The van der Waals surface area contributed by atoms with Crippen molar-refractivity contribution in [1.82, 2.24) is 4.57 Å². The van der Waals surface area contributed by atoms with Crippen LogP contribution in [0.2, 0.25) is 0 Å². The number of rotatable bonds is 2. The van der Waals surface area contributed by atoms with Crippen LogP contribution in [-0.2, 0) is 7.05 Å². The highest BCUT2D eigenvalue weighted by Crippen LogP contribution is 2.36. The number of nitrogens with one attached hydrogen (secondary N) is 1. The summed E-state index contributed by atoms with van der Waals surface area (Å²) in [5.74, 6) is 0. The monoisotopic (exact) mass is 234 g/mol. The highest BCUT2D eigenvalue weighted by Gasteiger charge is 2.27. The zero-order valence-electron chi connectivity index (χ0n) is 11.0. The van der Waals surface area contributed by atoms with Crippen LogP contribution >= 0.6 is 0 Å². The molecule has 1 aromatic rings. The summed E-state index contributed by atoms with van der Waals surface area (Å²) in [6.07, 6.45) is 6.92. The number of hydrogen-bond donors (Lipinski definition) is 1. The molecule has 0 amide bonds. The van der Waals surface area contributed by atoms with E-state index >= 15 is 0 Å². The van der Waals surface area contributed by atoms with Crippen molar-refractivity contribution < 1.29 is 0 Å². The summed E-state index contributed by atoms with van der Waals surface area (Å²) in [4.78, 5) is 11.3. The van der Waals surface area contributed by atoms with E-state index in [9.17, 15) is 4.79 Å². The third-order valence-corrected chi connectivity index (χ3v) is 3.66. The first-order chi connectivity index (χ1) is 7.96. The molecule has 0 bridgehead atoms. The van der Waals surface area contributed by atoms with Gasteiger partial charge in [0.1, 0.15) is 0 Å². The SMILES string of the molecule is Cn1cc(NC2CCCC(C)(C)C2)ccc1=O. The summed E-state index contributed by atoms with van der Waals surface area (Å²) >= 11 is 0. The standard InChI is InChI=1S/C14H22N2O/c1-14(2)8-4-5-11(9-14)15-12-6-7-13(17)16(3)10-12/h6-7,10-11,15H,4-5,8-9H2,1-3H3. The van der Waals surface area contributed by atoms with E-state index in [-0.39, 0.29) is 5.56 Å². The molecule has 0 aromatic carbocycles. The average molecular weight is 234 g/mol. The van der Waals surface area contributed by atoms with Crippen LogP contribution < -0.4 is 10.9 Å². The Hall–Kier alpha value is -1.25. The van der Waals surface area contributed by atoms with E-state index < -0.39 is 0 Å². The predicted molar refractivity (Wildman–Crippen MR) is 71.3 cm³/mol. The van der Waals surface area contributed by atoms with Gasteiger partial charge in [-0.2, -0.15) is 0 Å². The molecule has 1 heterocycles. The van der Waals surface area contributed by atoms with E-state index in [1.807, 2.05) is 12.3 Å². The zero-order chi connectivity index (χ0) is 12.5. The molecular formula is C14H22N2O. The molecule has 1 aliphatic rings. The second-order valence-electron chi connectivity index (χ2n) is 5.97. The summed E-state index contributed by atoms with van der Waals surface area (Å²) in [5, 5.41) is 3.54. The van der Waals surface area contributed by atoms with Crippen molar-refractivity contribution in [2.24, 2.45) is 12.5 Å². The molecular weight excluding hydrogens is 212 g/mol. The summed E-state index contributed by atoms with van der Waals surface area (Å²) in [7, 11) is 1.79. The third kappa shape index (κ3) is 3.11. The maximum atomic E-state index is 11.3. The van der Waals surface area contributed by atoms with Crippen molar-refractivity contribution in [1.29, 1.82) is 0 Å². The van der Waals surface area contributed by atoms with Gasteiger partial charge in [0.15, 0.2) is 0 Å². The molecule has 0 radical (unpaired) electrons. The lowest BCUT2D eigenvalue weighted by Gasteiger charge is -2.36. The van der Waals surface area contributed by atoms with Gasteiger partial charge >= 0.3 is 0 Å². The van der Waals surface area contributed by atoms with Crippen LogP contribution in [0.15, 0.2) is 23.1 Å². The Labute approximate surface area is 103 Å². The molecule has 17 heavy (non-hydrogen) atoms. The lowest BCUT2D eigenvalue weighted by molar-refractivity contribution is 0.229. The van der Waals surface area contributed by atoms with E-state index in [0.29, 0.717) is 11.5 Å². The lowest BCUT2D eigenvalue weighted by atomic mass is 9.75. The Balaban J connectivity index is 2.05. The first-order valence-electron chi connectivity index (χ1n) is 6.39. The maximum absolute atomic E-state index is 11.3. The van der Waals surface area contributed by atoms with Crippen LogP contribution in [0.3, 0.4) is 0 Å². The average Bonchev–Trinajstić information content (AvgIpc) is 2.22. The van der Waals surface area contributed by atoms with Crippen LogP contribution in [0.25, 0.3) is 0 Å². The Kier molecular flexibility index (Phi) is 3.27. The van der Waals surface area contributed by atoms with Crippen molar-refractivity contribution in [2.75, 3.05) is 5.32 Å². The molecule has 2 rings (SSSR count). The van der Waals surface area contributed by atoms with Gasteiger partial charge in [0, 0.05) is 25.4 Å². The summed E-state index contributed by atoms with van der Waals surface area (Å²) in [5.41, 5.74) is 1.53. The van der Waals surface area contributed by atoms with E-state index in [4.69, 9.17) is 0 Å². The van der Waals surface area contributed by atoms with Crippen LogP contribution in [0.4, 0.5) is 5.69 Å². The third-order valence-electron chi connectivity index (χ3n) is 3.66. The van der Waals surface area contributed by atoms with Gasteiger partial charge in [-0.3, -0.25) is 4.79 Å². The summed E-state index contributed by atoms with van der Waals surface area (Å²) in [6, 6.07) is 4.04. The largest absolute Gasteiger partial charge is 0.381 e. The maximum Gasteiger partial charge on any atom is 0.250 e. The molecule has 3 nitrogen and oxygen atoms in total. The topological polar surface area (TPSA) is 34.0 Å². The summed E-state index contributed by atoms with van der Waals surface area (Å²) < 4.78 is 1.62. The molecule has 1 aliphatic carbocycles. The Bertz CT molecular complexity index is 448. The normalized spacial score (nSPS) is 23.4. The molecule has 1 fully saturated rings. The van der Waals surface area contributed by atoms with Crippen molar-refractivity contribution in [3.63, 3.8) is 0 Å². The van der Waals surface area contributed by atoms with Gasteiger partial charge in [-0.25, -0.2) is 0 Å². The number of nitrogens with zero attached hydrogens (tertiary/aromatic N) is 1. The fraction of sp³-hybridized carbons (Fsp3) is 0.643. The van der Waals surface area contributed by atoms with Crippen LogP contribution in [-0.4, -0.2) is 10.6 Å². The van der Waals surface area contributed by atoms with E-state index in [2.05, 4.69) is 19.2 Å². The van der Waals surface area contributed by atoms with Gasteiger partial charge in [0.05, 0.1) is 5.69 Å². The molecule has 1 aromatic heterocycles. The fourth-order valence-corrected chi connectivity index (χ4v) is 2.74. The molecule has 0 aliphatic heterocycles. The molecule has 3 heteroatoms. The minimum atomic E-state index is 0.0412. The lowest BCUT2D eigenvalue weighted by Crippen LogP contribution is -2.32. The van der Waals surface area contributed by atoms with Crippen molar-refractivity contribution in [3.05, 3.63) is 28.7 Å². The molecule has 0 spiro atoms. The second kappa shape index (κ2) is 4.55. The van der Waals surface area contributed by atoms with Crippen molar-refractivity contribution in [2.45, 2.75) is 45.6 Å². The van der Waals surface area contributed by atoms with Gasteiger partial charge in [0.2, 0.25) is 5.56 Å². The molecule has 1 atom stereocenters. The molecule has 94 valence electrons. The predicted octanol–water partition coefficient (Wildman–Crippen LogP) is 2.77. The van der Waals surface area contributed by atoms with Crippen molar-refractivity contribution >= 4 is 5.69 Å². The van der Waals surface area contributed by atoms with Crippen LogP contribution in [0, 0.1) is 5.41 Å². The van der Waals surface area contributed by atoms with Gasteiger partial charge in [-0.15, -0.1) is 0 Å². The number of aryl methyl sites for hydroxylation is 1. The highest BCUT2D eigenvalue weighted by atomic mass is 16.1. The van der Waals surface area contributed by atoms with Crippen molar-refractivity contribution in [3.8, 4) is 0 Å². The van der Waals surface area contributed by atoms with Crippen LogP contribution in [0.1, 0.15) is 39.5 Å². The Morgan fingerprint density at radius 1 is 1.41 bits per heavy atom. The minimum Gasteiger partial charge on any atom is -0.381 e.